The van der Waals surface area contributed by atoms with Crippen molar-refractivity contribution in [2.75, 3.05) is 0 Å². The smallest absolute Gasteiger partial charge is 0.246 e. The lowest BCUT2D eigenvalue weighted by Crippen LogP contribution is -2.58. The van der Waals surface area contributed by atoms with Gasteiger partial charge in [0.2, 0.25) is 0 Å². The third-order valence-electron chi connectivity index (χ3n) is 1.62. The molecule has 0 aromatic rings. The van der Waals surface area contributed by atoms with E-state index in [2.05, 4.69) is 23.2 Å². The molecule has 0 radical (unpaired) electrons. The van der Waals surface area contributed by atoms with E-state index in [1.807, 2.05) is 0 Å². The Kier molecular flexibility index (Phi) is 5.11. The van der Waals surface area contributed by atoms with Crippen molar-refractivity contribution in [3.8, 4) is 0 Å². The van der Waals surface area contributed by atoms with Gasteiger partial charge >= 0.3 is 38.2 Å². The minimum Gasteiger partial charge on any atom is -0.246 e. The van der Waals surface area contributed by atoms with Crippen molar-refractivity contribution in [1.29, 1.82) is 0 Å². The summed E-state index contributed by atoms with van der Waals surface area (Å²) in [5.41, 5.74) is 0. The molecule has 0 aromatic heterocycles. The maximum absolute atomic E-state index is 12.8. The molecule has 128 valence electrons. The molecule has 0 aliphatic carbocycles. The summed E-state index contributed by atoms with van der Waals surface area (Å²) in [6.07, 6.45) is -13.6. The summed E-state index contributed by atoms with van der Waals surface area (Å²) in [5, 5.41) is -18.8. The van der Waals surface area contributed by atoms with Crippen LogP contribution in [0, 0.1) is 0 Å². The molecule has 0 fully saturated rings. The molecule has 1 unspecified atom stereocenters. The highest BCUT2D eigenvalue weighted by molar-refractivity contribution is 7.87. The van der Waals surface area contributed by atoms with E-state index in [1.165, 1.54) is 0 Å². The molecule has 0 saturated carbocycles. The fourth-order valence-corrected chi connectivity index (χ4v) is 1.07. The highest BCUT2D eigenvalue weighted by Crippen LogP contribution is 2.54. The number of hydrogen-bond acceptors (Lipinski definition) is 3. The van der Waals surface area contributed by atoms with Gasteiger partial charge in [0.05, 0.1) is 0 Å². The number of alkyl halides is 11. The molecule has 0 aliphatic rings. The van der Waals surface area contributed by atoms with Gasteiger partial charge in [-0.15, -0.1) is 0 Å². The Bertz CT molecular complexity index is 497. The summed E-state index contributed by atoms with van der Waals surface area (Å²) in [4.78, 5) is 0. The Morgan fingerprint density at radius 1 is 0.762 bits per heavy atom. The van der Waals surface area contributed by atoms with Gasteiger partial charge in [0.25, 0.3) is 0 Å². The lowest BCUT2D eigenvalue weighted by Gasteiger charge is -2.33. The Balaban J connectivity index is 5.76. The maximum Gasteiger partial charge on any atom is 0.464 e. The molecule has 16 heteroatoms. The summed E-state index contributed by atoms with van der Waals surface area (Å²) in [6.45, 7) is 0. The van der Waals surface area contributed by atoms with Crippen LogP contribution in [0.1, 0.15) is 0 Å². The van der Waals surface area contributed by atoms with E-state index in [-0.39, 0.29) is 0 Å². The molecule has 1 atom stereocenters. The second-order valence-electron chi connectivity index (χ2n) is 3.16. The first-order chi connectivity index (χ1) is 8.71. The standard InChI is InChI=1S/C5Cl2F10O3S/c6-1(8,2(7,9)10)3(11,12)20-4(13,14)5(15,16)21(17,18)19. The second-order valence-corrected chi connectivity index (χ2v) is 5.55. The van der Waals surface area contributed by atoms with Crippen LogP contribution in [-0.2, 0) is 15.0 Å². The Morgan fingerprint density at radius 2 is 1.10 bits per heavy atom. The summed E-state index contributed by atoms with van der Waals surface area (Å²) in [5.74, 6) is 0. The van der Waals surface area contributed by atoms with Crippen LogP contribution in [0.3, 0.4) is 0 Å². The van der Waals surface area contributed by atoms with E-state index < -0.39 is 38.2 Å². The highest BCUT2D eigenvalue weighted by Gasteiger charge is 2.78. The van der Waals surface area contributed by atoms with Crippen LogP contribution in [0.5, 0.6) is 0 Å². The molecule has 0 heterocycles. The topological polar surface area (TPSA) is 43.4 Å². The lowest BCUT2D eigenvalue weighted by molar-refractivity contribution is -0.439. The minimum atomic E-state index is -7.54. The summed E-state index contributed by atoms with van der Waals surface area (Å²) >= 11 is 7.55. The fourth-order valence-electron chi connectivity index (χ4n) is 0.591. The zero-order valence-corrected chi connectivity index (χ0v) is 11.0. The second kappa shape index (κ2) is 5.16. The molecular weight excluding hydrogens is 401 g/mol. The van der Waals surface area contributed by atoms with E-state index in [9.17, 15) is 51.8 Å². The van der Waals surface area contributed by atoms with Crippen LogP contribution in [0.4, 0.5) is 43.4 Å². The van der Waals surface area contributed by atoms with E-state index in [0.717, 1.165) is 0 Å². The fraction of sp³-hybridized carbons (Fsp3) is 1.00. The van der Waals surface area contributed by atoms with Crippen LogP contribution < -0.4 is 0 Å². The third kappa shape index (κ3) is 3.59. The largest absolute Gasteiger partial charge is 0.464 e. The Labute approximate surface area is 118 Å². The molecule has 0 spiro atoms. The van der Waals surface area contributed by atoms with Gasteiger partial charge in [-0.25, -0.2) is 9.13 Å². The molecule has 0 amide bonds. The van der Waals surface area contributed by atoms with Crippen molar-refractivity contribution in [2.24, 2.45) is 0 Å². The first kappa shape index (κ1) is 20.8. The molecule has 0 aliphatic heterocycles. The SMILES string of the molecule is O=S(=O)(F)C(F)(F)C(F)(F)OC(F)(F)C(F)(Cl)C(F)(F)Cl. The molecule has 0 bridgehead atoms. The first-order valence-electron chi connectivity index (χ1n) is 3.93. The quantitative estimate of drug-likeness (QED) is 0.386. The van der Waals surface area contributed by atoms with Crippen LogP contribution in [0.15, 0.2) is 0 Å². The van der Waals surface area contributed by atoms with Gasteiger partial charge in [-0.1, -0.05) is 15.5 Å². The normalized spacial score (nSPS) is 18.5. The van der Waals surface area contributed by atoms with Crippen molar-refractivity contribution in [1.82, 2.24) is 0 Å². The zero-order chi connectivity index (χ0) is 17.7. The van der Waals surface area contributed by atoms with Gasteiger partial charge in [-0.05, 0) is 11.6 Å². The first-order valence-corrected chi connectivity index (χ1v) is 6.07. The molecule has 0 rings (SSSR count). The highest BCUT2D eigenvalue weighted by atomic mass is 35.5. The summed E-state index contributed by atoms with van der Waals surface area (Å²) in [7, 11) is -7.54. The lowest BCUT2D eigenvalue weighted by atomic mass is 10.3. The number of ether oxygens (including phenoxy) is 1. The van der Waals surface area contributed by atoms with E-state index in [4.69, 9.17) is 0 Å². The van der Waals surface area contributed by atoms with Crippen molar-refractivity contribution < 1.29 is 56.6 Å². The van der Waals surface area contributed by atoms with Crippen LogP contribution in [0.25, 0.3) is 0 Å². The van der Waals surface area contributed by atoms with Gasteiger partial charge in [-0.2, -0.15) is 43.5 Å². The molecule has 0 saturated heterocycles. The minimum absolute atomic E-state index is 1.70. The van der Waals surface area contributed by atoms with Crippen molar-refractivity contribution in [3.63, 3.8) is 0 Å². The molecule has 0 aromatic carbocycles. The predicted octanol–water partition coefficient (Wildman–Crippen LogP) is 3.82. The number of hydrogen-bond donors (Lipinski definition) is 0. The van der Waals surface area contributed by atoms with Crippen LogP contribution >= 0.6 is 23.2 Å². The maximum atomic E-state index is 12.8. The summed E-state index contributed by atoms with van der Waals surface area (Å²) in [6, 6.07) is 0. The molecular formula is C5Cl2F10O3S. The molecule has 0 N–H and O–H groups in total. The van der Waals surface area contributed by atoms with Gasteiger partial charge in [0.15, 0.2) is 0 Å². The average molecular weight is 401 g/mol. The van der Waals surface area contributed by atoms with Gasteiger partial charge in [0.1, 0.15) is 0 Å². The Morgan fingerprint density at radius 3 is 1.33 bits per heavy atom. The summed E-state index contributed by atoms with van der Waals surface area (Å²) < 4.78 is 145. The van der Waals surface area contributed by atoms with Crippen molar-refractivity contribution >= 4 is 33.4 Å². The number of halogens is 12. The number of rotatable bonds is 6. The molecule has 21 heavy (non-hydrogen) atoms. The van der Waals surface area contributed by atoms with Crippen LogP contribution in [0.2, 0.25) is 0 Å². The van der Waals surface area contributed by atoms with Crippen LogP contribution in [-0.4, -0.2) is 36.4 Å². The van der Waals surface area contributed by atoms with Crippen molar-refractivity contribution in [3.05, 3.63) is 0 Å². The average Bonchev–Trinajstić information content (AvgIpc) is 2.11. The predicted molar refractivity (Wildman–Crippen MR) is 46.4 cm³/mol. The van der Waals surface area contributed by atoms with Gasteiger partial charge in [-0.3, -0.25) is 0 Å². The van der Waals surface area contributed by atoms with Crippen molar-refractivity contribution in [2.45, 2.75) is 28.0 Å². The van der Waals surface area contributed by atoms with Gasteiger partial charge in [0, 0.05) is 0 Å². The van der Waals surface area contributed by atoms with Gasteiger partial charge < -0.3 is 0 Å². The van der Waals surface area contributed by atoms with E-state index in [0.29, 0.717) is 0 Å². The zero-order valence-electron chi connectivity index (χ0n) is 8.67. The molecule has 3 nitrogen and oxygen atoms in total. The third-order valence-corrected chi connectivity index (χ3v) is 3.29. The monoisotopic (exact) mass is 400 g/mol. The van der Waals surface area contributed by atoms with E-state index >= 15 is 0 Å². The van der Waals surface area contributed by atoms with E-state index in [1.54, 1.807) is 4.74 Å². The Hall–Kier alpha value is -0.210.